The first-order valence-corrected chi connectivity index (χ1v) is 9.78. The van der Waals surface area contributed by atoms with E-state index in [2.05, 4.69) is 27.8 Å². The molecule has 23 heavy (non-hydrogen) atoms. The standard InChI is InChI=1S/C16H28N4O2S/c1-12(2)20-23(21,22)11-15-7-5-4-6-14(15)8-17-9-16-10-18-19-13(16)3/h4-7,12-13,16-20H,8-11H2,1-3H3. The van der Waals surface area contributed by atoms with Crippen LogP contribution in [-0.4, -0.2) is 33.6 Å². The van der Waals surface area contributed by atoms with Crippen molar-refractivity contribution >= 4 is 10.0 Å². The number of hydrazine groups is 1. The molecule has 0 aromatic heterocycles. The first-order valence-electron chi connectivity index (χ1n) is 8.13. The van der Waals surface area contributed by atoms with Crippen LogP contribution in [-0.2, 0) is 22.3 Å². The number of sulfonamides is 1. The Labute approximate surface area is 139 Å². The zero-order chi connectivity index (χ0) is 16.9. The van der Waals surface area contributed by atoms with Gasteiger partial charge in [0.1, 0.15) is 0 Å². The molecule has 2 unspecified atom stereocenters. The van der Waals surface area contributed by atoms with Crippen molar-refractivity contribution in [2.24, 2.45) is 5.92 Å². The average molecular weight is 340 g/mol. The van der Waals surface area contributed by atoms with Gasteiger partial charge in [-0.3, -0.25) is 10.9 Å². The van der Waals surface area contributed by atoms with Gasteiger partial charge < -0.3 is 5.32 Å². The van der Waals surface area contributed by atoms with Crippen LogP contribution in [0.1, 0.15) is 31.9 Å². The molecule has 6 nitrogen and oxygen atoms in total. The third-order valence-electron chi connectivity index (χ3n) is 4.00. The molecule has 130 valence electrons. The lowest BCUT2D eigenvalue weighted by Crippen LogP contribution is -2.33. The summed E-state index contributed by atoms with van der Waals surface area (Å²) >= 11 is 0. The normalized spacial score (nSPS) is 21.9. The van der Waals surface area contributed by atoms with E-state index in [1.165, 1.54) is 0 Å². The molecule has 0 amide bonds. The fraction of sp³-hybridized carbons (Fsp3) is 0.625. The van der Waals surface area contributed by atoms with Crippen LogP contribution in [0.3, 0.4) is 0 Å². The Hall–Kier alpha value is -0.990. The lowest BCUT2D eigenvalue weighted by Gasteiger charge is -2.16. The monoisotopic (exact) mass is 340 g/mol. The number of nitrogens with one attached hydrogen (secondary N) is 4. The van der Waals surface area contributed by atoms with Gasteiger partial charge in [0, 0.05) is 37.6 Å². The van der Waals surface area contributed by atoms with E-state index in [1.807, 2.05) is 38.1 Å². The summed E-state index contributed by atoms with van der Waals surface area (Å²) in [6, 6.07) is 8.06. The highest BCUT2D eigenvalue weighted by Gasteiger charge is 2.22. The maximum absolute atomic E-state index is 12.1. The molecule has 2 rings (SSSR count). The van der Waals surface area contributed by atoms with Gasteiger partial charge in [-0.05, 0) is 31.9 Å². The van der Waals surface area contributed by atoms with Crippen LogP contribution in [0.15, 0.2) is 24.3 Å². The van der Waals surface area contributed by atoms with Crippen molar-refractivity contribution in [1.29, 1.82) is 0 Å². The van der Waals surface area contributed by atoms with E-state index < -0.39 is 10.0 Å². The molecular formula is C16H28N4O2S. The highest BCUT2D eigenvalue weighted by molar-refractivity contribution is 7.88. The Morgan fingerprint density at radius 1 is 1.26 bits per heavy atom. The first kappa shape index (κ1) is 18.4. The van der Waals surface area contributed by atoms with E-state index in [4.69, 9.17) is 0 Å². The van der Waals surface area contributed by atoms with Crippen LogP contribution in [0, 0.1) is 5.92 Å². The largest absolute Gasteiger partial charge is 0.312 e. The van der Waals surface area contributed by atoms with Crippen LogP contribution in [0.25, 0.3) is 0 Å². The Kier molecular flexibility index (Phi) is 6.55. The predicted molar refractivity (Wildman–Crippen MR) is 93.1 cm³/mol. The zero-order valence-electron chi connectivity index (χ0n) is 14.1. The SMILES string of the molecule is CC(C)NS(=O)(=O)Cc1ccccc1CNCC1CNNC1C. The fourth-order valence-corrected chi connectivity index (χ4v) is 4.26. The minimum Gasteiger partial charge on any atom is -0.312 e. The molecule has 1 saturated heterocycles. The summed E-state index contributed by atoms with van der Waals surface area (Å²) in [7, 11) is -3.30. The van der Waals surface area contributed by atoms with E-state index in [1.54, 1.807) is 0 Å². The van der Waals surface area contributed by atoms with Gasteiger partial charge in [-0.1, -0.05) is 24.3 Å². The van der Waals surface area contributed by atoms with Crippen molar-refractivity contribution in [1.82, 2.24) is 20.9 Å². The van der Waals surface area contributed by atoms with Crippen LogP contribution in [0.2, 0.25) is 0 Å². The smallest absolute Gasteiger partial charge is 0.216 e. The quantitative estimate of drug-likeness (QED) is 0.560. The van der Waals surface area contributed by atoms with Crippen LogP contribution >= 0.6 is 0 Å². The van der Waals surface area contributed by atoms with Gasteiger partial charge in [-0.2, -0.15) is 0 Å². The highest BCUT2D eigenvalue weighted by Crippen LogP contribution is 2.13. The van der Waals surface area contributed by atoms with Crippen molar-refractivity contribution in [2.45, 2.75) is 45.2 Å². The molecule has 1 aromatic carbocycles. The van der Waals surface area contributed by atoms with Crippen molar-refractivity contribution in [2.75, 3.05) is 13.1 Å². The Morgan fingerprint density at radius 2 is 1.96 bits per heavy atom. The van der Waals surface area contributed by atoms with Gasteiger partial charge in [0.15, 0.2) is 0 Å². The molecule has 4 N–H and O–H groups in total. The summed E-state index contributed by atoms with van der Waals surface area (Å²) in [6.45, 7) is 8.34. The van der Waals surface area contributed by atoms with Gasteiger partial charge in [-0.15, -0.1) is 0 Å². The molecule has 1 fully saturated rings. The van der Waals surface area contributed by atoms with E-state index in [9.17, 15) is 8.42 Å². The molecule has 1 aromatic rings. The lowest BCUT2D eigenvalue weighted by atomic mass is 10.0. The van der Waals surface area contributed by atoms with Crippen molar-refractivity contribution in [3.63, 3.8) is 0 Å². The van der Waals surface area contributed by atoms with Crippen molar-refractivity contribution < 1.29 is 8.42 Å². The molecule has 0 saturated carbocycles. The van der Waals surface area contributed by atoms with Crippen LogP contribution in [0.4, 0.5) is 0 Å². The van der Waals surface area contributed by atoms with Crippen LogP contribution in [0.5, 0.6) is 0 Å². The van der Waals surface area contributed by atoms with Crippen molar-refractivity contribution in [3.8, 4) is 0 Å². The number of hydrogen-bond acceptors (Lipinski definition) is 5. The summed E-state index contributed by atoms with van der Waals surface area (Å²) in [5, 5.41) is 3.45. The van der Waals surface area contributed by atoms with Gasteiger partial charge in [-0.25, -0.2) is 13.1 Å². The summed E-state index contributed by atoms with van der Waals surface area (Å²) in [5.41, 5.74) is 8.24. The summed E-state index contributed by atoms with van der Waals surface area (Å²) in [5.74, 6) is 0.555. The summed E-state index contributed by atoms with van der Waals surface area (Å²) < 4.78 is 26.9. The van der Waals surface area contributed by atoms with Crippen molar-refractivity contribution in [3.05, 3.63) is 35.4 Å². The summed E-state index contributed by atoms with van der Waals surface area (Å²) in [6.07, 6.45) is 0. The average Bonchev–Trinajstić information content (AvgIpc) is 2.84. The second-order valence-electron chi connectivity index (χ2n) is 6.51. The minimum atomic E-state index is -3.30. The van der Waals surface area contributed by atoms with Gasteiger partial charge in [0.2, 0.25) is 10.0 Å². The van der Waals surface area contributed by atoms with E-state index in [0.29, 0.717) is 18.5 Å². The second-order valence-corrected chi connectivity index (χ2v) is 8.26. The Bertz CT molecular complexity index is 604. The molecule has 1 aliphatic rings. The molecule has 0 spiro atoms. The zero-order valence-corrected chi connectivity index (χ0v) is 14.9. The number of hydrogen-bond donors (Lipinski definition) is 4. The molecule has 0 radical (unpaired) electrons. The molecule has 2 atom stereocenters. The van der Waals surface area contributed by atoms with Crippen LogP contribution < -0.4 is 20.9 Å². The van der Waals surface area contributed by atoms with E-state index in [-0.39, 0.29) is 11.8 Å². The molecule has 7 heteroatoms. The number of rotatable bonds is 8. The third-order valence-corrected chi connectivity index (χ3v) is 5.52. The maximum atomic E-state index is 12.1. The third kappa shape index (κ3) is 5.86. The fourth-order valence-electron chi connectivity index (χ4n) is 2.76. The molecule has 0 aliphatic carbocycles. The van der Waals surface area contributed by atoms with Gasteiger partial charge >= 0.3 is 0 Å². The molecule has 0 bridgehead atoms. The minimum absolute atomic E-state index is 0.0198. The van der Waals surface area contributed by atoms with Gasteiger partial charge in [0.05, 0.1) is 5.75 Å². The van der Waals surface area contributed by atoms with E-state index in [0.717, 1.165) is 24.2 Å². The van der Waals surface area contributed by atoms with Gasteiger partial charge in [0.25, 0.3) is 0 Å². The lowest BCUT2D eigenvalue weighted by molar-refractivity contribution is 0.453. The molecule has 1 heterocycles. The first-order chi connectivity index (χ1) is 10.9. The Morgan fingerprint density at radius 3 is 2.57 bits per heavy atom. The number of benzene rings is 1. The Balaban J connectivity index is 1.94. The molecular weight excluding hydrogens is 312 g/mol. The highest BCUT2D eigenvalue weighted by atomic mass is 32.2. The second kappa shape index (κ2) is 8.21. The summed E-state index contributed by atoms with van der Waals surface area (Å²) in [4.78, 5) is 0. The van der Waals surface area contributed by atoms with E-state index >= 15 is 0 Å². The predicted octanol–water partition coefficient (Wildman–Crippen LogP) is 0.717. The topological polar surface area (TPSA) is 82.3 Å². The maximum Gasteiger partial charge on any atom is 0.216 e. The molecule has 1 aliphatic heterocycles.